The van der Waals surface area contributed by atoms with Crippen LogP contribution in [-0.4, -0.2) is 29.4 Å². The van der Waals surface area contributed by atoms with Crippen molar-refractivity contribution in [3.05, 3.63) is 0 Å². The Kier molecular flexibility index (Phi) is 4.25. The lowest BCUT2D eigenvalue weighted by atomic mass is 9.90. The largest absolute Gasteiger partial charge is 0.385 e. The van der Waals surface area contributed by atoms with Crippen molar-refractivity contribution in [1.29, 1.82) is 0 Å². The van der Waals surface area contributed by atoms with Crippen molar-refractivity contribution in [1.82, 2.24) is 4.90 Å². The molecule has 4 heteroatoms. The summed E-state index contributed by atoms with van der Waals surface area (Å²) >= 11 is 0. The number of urea groups is 1. The molecule has 1 fully saturated rings. The van der Waals surface area contributed by atoms with Crippen LogP contribution in [0.4, 0.5) is 4.79 Å². The van der Waals surface area contributed by atoms with Crippen LogP contribution in [0.5, 0.6) is 0 Å². The van der Waals surface area contributed by atoms with Crippen LogP contribution in [0.1, 0.15) is 52.4 Å². The third kappa shape index (κ3) is 2.85. The number of aliphatic imine (C=N–C) groups is 1. The first-order valence-corrected chi connectivity index (χ1v) is 7.24. The molecule has 2 amide bonds. The highest BCUT2D eigenvalue weighted by molar-refractivity contribution is 6.03. The van der Waals surface area contributed by atoms with E-state index in [1.165, 1.54) is 38.5 Å². The van der Waals surface area contributed by atoms with Gasteiger partial charge in [0.05, 0.1) is 6.04 Å². The summed E-state index contributed by atoms with van der Waals surface area (Å²) in [5.41, 5.74) is 6.00. The molecule has 1 unspecified atom stereocenters. The van der Waals surface area contributed by atoms with Crippen molar-refractivity contribution in [2.75, 3.05) is 6.54 Å². The summed E-state index contributed by atoms with van der Waals surface area (Å²) in [6.45, 7) is 5.03. The number of amidine groups is 1. The summed E-state index contributed by atoms with van der Waals surface area (Å²) in [5, 5.41) is 0. The molecule has 4 nitrogen and oxygen atoms in total. The Morgan fingerprint density at radius 3 is 2.44 bits per heavy atom. The second-order valence-electron chi connectivity index (χ2n) is 6.06. The van der Waals surface area contributed by atoms with Gasteiger partial charge in [0.2, 0.25) is 0 Å². The lowest BCUT2D eigenvalue weighted by Crippen LogP contribution is -2.46. The minimum absolute atomic E-state index is 0.0676. The Bertz CT molecular complexity index is 330. The summed E-state index contributed by atoms with van der Waals surface area (Å²) in [7, 11) is 0. The fraction of sp³-hybridized carbons (Fsp3) is 0.857. The molecule has 1 aliphatic heterocycles. The zero-order valence-corrected chi connectivity index (χ0v) is 11.6. The van der Waals surface area contributed by atoms with E-state index in [9.17, 15) is 4.79 Å². The number of nitrogens with two attached hydrogens (primary N) is 1. The second kappa shape index (κ2) is 5.72. The molecule has 0 saturated heterocycles. The van der Waals surface area contributed by atoms with E-state index in [0.717, 1.165) is 6.54 Å². The highest BCUT2D eigenvalue weighted by Crippen LogP contribution is 2.31. The van der Waals surface area contributed by atoms with Gasteiger partial charge in [0.25, 0.3) is 0 Å². The number of carbonyl (C=O) groups is 1. The van der Waals surface area contributed by atoms with Gasteiger partial charge in [-0.15, -0.1) is 0 Å². The van der Waals surface area contributed by atoms with Gasteiger partial charge in [0.1, 0.15) is 5.84 Å². The smallest absolute Gasteiger partial charge is 0.345 e. The first kappa shape index (κ1) is 13.4. The molecule has 18 heavy (non-hydrogen) atoms. The summed E-state index contributed by atoms with van der Waals surface area (Å²) in [6.07, 6.45) is 7.53. The average molecular weight is 251 g/mol. The topological polar surface area (TPSA) is 58.7 Å². The summed E-state index contributed by atoms with van der Waals surface area (Å²) in [4.78, 5) is 17.8. The number of rotatable bonds is 3. The van der Waals surface area contributed by atoms with Crippen molar-refractivity contribution in [2.24, 2.45) is 22.6 Å². The van der Waals surface area contributed by atoms with E-state index in [4.69, 9.17) is 5.73 Å². The Labute approximate surface area is 110 Å². The van der Waals surface area contributed by atoms with Crippen LogP contribution in [0.25, 0.3) is 0 Å². The van der Waals surface area contributed by atoms with E-state index in [1.54, 1.807) is 0 Å². The molecular formula is C14H25N3O. The van der Waals surface area contributed by atoms with E-state index in [-0.39, 0.29) is 12.1 Å². The Morgan fingerprint density at radius 2 is 1.89 bits per heavy atom. The summed E-state index contributed by atoms with van der Waals surface area (Å²) in [6, 6.07) is -0.0616. The third-order valence-corrected chi connectivity index (χ3v) is 4.02. The van der Waals surface area contributed by atoms with Crippen LogP contribution >= 0.6 is 0 Å². The number of hydrogen-bond donors (Lipinski definition) is 1. The monoisotopic (exact) mass is 251 g/mol. The molecule has 2 N–H and O–H groups in total. The maximum absolute atomic E-state index is 11.9. The maximum Gasteiger partial charge on any atom is 0.345 e. The molecule has 1 heterocycles. The van der Waals surface area contributed by atoms with Gasteiger partial charge in [-0.2, -0.15) is 4.99 Å². The van der Waals surface area contributed by atoms with E-state index >= 15 is 0 Å². The molecule has 1 aliphatic carbocycles. The molecule has 0 aromatic carbocycles. The van der Waals surface area contributed by atoms with E-state index in [0.29, 0.717) is 17.7 Å². The highest BCUT2D eigenvalue weighted by Gasteiger charge is 2.38. The van der Waals surface area contributed by atoms with Gasteiger partial charge in [-0.25, -0.2) is 4.79 Å². The van der Waals surface area contributed by atoms with Gasteiger partial charge in [0, 0.05) is 6.54 Å². The fourth-order valence-corrected chi connectivity index (χ4v) is 3.23. The van der Waals surface area contributed by atoms with E-state index in [2.05, 4.69) is 18.8 Å². The van der Waals surface area contributed by atoms with Gasteiger partial charge in [-0.05, 0) is 24.7 Å². The molecule has 2 aliphatic rings. The number of nitrogens with zero attached hydrogens (tertiary/aromatic N) is 2. The molecule has 1 atom stereocenters. The predicted molar refractivity (Wildman–Crippen MR) is 73.5 cm³/mol. The molecule has 0 bridgehead atoms. The Balaban J connectivity index is 2.11. The van der Waals surface area contributed by atoms with Crippen molar-refractivity contribution in [3.63, 3.8) is 0 Å². The van der Waals surface area contributed by atoms with Crippen LogP contribution in [0, 0.1) is 11.8 Å². The normalized spacial score (nSPS) is 26.6. The standard InChI is InChI=1S/C14H25N3O/c1-10(2)9-17-12(13(15)16-14(17)18)11-7-5-3-4-6-8-11/h10-12H,3-9H2,1-2H3,(H2,15,16,18). The lowest BCUT2D eigenvalue weighted by Gasteiger charge is -2.31. The number of hydrogen-bond acceptors (Lipinski definition) is 2. The molecule has 0 spiro atoms. The number of carbonyl (C=O) groups excluding carboxylic acids is 1. The number of amides is 2. The van der Waals surface area contributed by atoms with Crippen LogP contribution in [-0.2, 0) is 0 Å². The van der Waals surface area contributed by atoms with Crippen LogP contribution in [0.2, 0.25) is 0 Å². The van der Waals surface area contributed by atoms with Crippen LogP contribution in [0.3, 0.4) is 0 Å². The first-order valence-electron chi connectivity index (χ1n) is 7.24. The second-order valence-corrected chi connectivity index (χ2v) is 6.06. The van der Waals surface area contributed by atoms with Crippen LogP contribution in [0.15, 0.2) is 4.99 Å². The minimum Gasteiger partial charge on any atom is -0.385 e. The van der Waals surface area contributed by atoms with Gasteiger partial charge >= 0.3 is 6.03 Å². The molecule has 1 saturated carbocycles. The van der Waals surface area contributed by atoms with Crippen molar-refractivity contribution in [3.8, 4) is 0 Å². The Morgan fingerprint density at radius 1 is 1.28 bits per heavy atom. The maximum atomic E-state index is 11.9. The average Bonchev–Trinajstić information content (AvgIpc) is 2.52. The molecular weight excluding hydrogens is 226 g/mol. The quantitative estimate of drug-likeness (QED) is 0.784. The minimum atomic E-state index is -0.129. The predicted octanol–water partition coefficient (Wildman–Crippen LogP) is 2.77. The van der Waals surface area contributed by atoms with Crippen LogP contribution < -0.4 is 5.73 Å². The van der Waals surface area contributed by atoms with Crippen molar-refractivity contribution >= 4 is 11.9 Å². The molecule has 0 aromatic rings. The van der Waals surface area contributed by atoms with Crippen molar-refractivity contribution < 1.29 is 4.79 Å². The highest BCUT2D eigenvalue weighted by atomic mass is 16.2. The third-order valence-electron chi connectivity index (χ3n) is 4.02. The fourth-order valence-electron chi connectivity index (χ4n) is 3.23. The molecule has 2 rings (SSSR count). The molecule has 0 radical (unpaired) electrons. The lowest BCUT2D eigenvalue weighted by molar-refractivity contribution is 0.175. The summed E-state index contributed by atoms with van der Waals surface area (Å²) in [5.74, 6) is 1.53. The van der Waals surface area contributed by atoms with Gasteiger partial charge in [-0.1, -0.05) is 39.5 Å². The molecule has 102 valence electrons. The zero-order chi connectivity index (χ0) is 13.1. The van der Waals surface area contributed by atoms with E-state index in [1.807, 2.05) is 4.90 Å². The van der Waals surface area contributed by atoms with Gasteiger partial charge in [0.15, 0.2) is 0 Å². The van der Waals surface area contributed by atoms with Crippen molar-refractivity contribution in [2.45, 2.75) is 58.4 Å². The molecule has 0 aromatic heterocycles. The first-order chi connectivity index (χ1) is 8.59. The van der Waals surface area contributed by atoms with Gasteiger partial charge < -0.3 is 10.6 Å². The summed E-state index contributed by atoms with van der Waals surface area (Å²) < 4.78 is 0. The zero-order valence-electron chi connectivity index (χ0n) is 11.6. The van der Waals surface area contributed by atoms with Gasteiger partial charge in [-0.3, -0.25) is 0 Å². The SMILES string of the molecule is CC(C)CN1C(=O)N=C(N)C1C1CCCCCC1. The Hall–Kier alpha value is -1.06. The van der Waals surface area contributed by atoms with E-state index < -0.39 is 0 Å².